The molecule has 3 saturated heterocycles. The molecule has 3 aliphatic heterocycles. The van der Waals surface area contributed by atoms with Crippen molar-refractivity contribution in [2.45, 2.75) is 67.4 Å². The zero-order valence-electron chi connectivity index (χ0n) is 26.2. The number of hydrogen-bond donors (Lipinski definition) is 2. The van der Waals surface area contributed by atoms with E-state index >= 15 is 0 Å². The summed E-state index contributed by atoms with van der Waals surface area (Å²) in [5.41, 5.74) is 0. The molecule has 2 N–H and O–H groups in total. The maximum Gasteiger partial charge on any atom is 0.328 e. The summed E-state index contributed by atoms with van der Waals surface area (Å²) < 4.78 is 34.6. The number of carbonyl (C=O) groups excluding carboxylic acids is 4. The number of methoxy groups -OCH3 is 1. The summed E-state index contributed by atoms with van der Waals surface area (Å²) in [5.74, 6) is -1.06. The fourth-order valence-corrected chi connectivity index (χ4v) is 9.26. The predicted octanol–water partition coefficient (Wildman–Crippen LogP) is 2.09. The second-order valence-electron chi connectivity index (χ2n) is 12.2. The molecule has 3 fully saturated rings. The van der Waals surface area contributed by atoms with E-state index in [1.54, 1.807) is 43.1 Å². The van der Waals surface area contributed by atoms with Gasteiger partial charge in [-0.25, -0.2) is 18.0 Å². The zero-order valence-corrected chi connectivity index (χ0v) is 28.6. The molecule has 0 bridgehead atoms. The summed E-state index contributed by atoms with van der Waals surface area (Å²) in [6, 6.07) is 4.63. The molecule has 3 aliphatic rings. The number of likely N-dealkylation sites (tertiary alicyclic amines) is 3. The first-order chi connectivity index (χ1) is 21.9. The lowest BCUT2D eigenvalue weighted by molar-refractivity contribution is -0.143. The number of hydrogen-bond acceptors (Lipinski definition) is 9. The highest BCUT2D eigenvalue weighted by atomic mass is 35.5. The lowest BCUT2D eigenvalue weighted by Crippen LogP contribution is -2.55. The van der Waals surface area contributed by atoms with Gasteiger partial charge in [-0.2, -0.15) is 4.72 Å². The highest BCUT2D eigenvalue weighted by Gasteiger charge is 2.38. The third kappa shape index (κ3) is 7.76. The van der Waals surface area contributed by atoms with Crippen molar-refractivity contribution in [2.24, 2.45) is 0 Å². The molecule has 4 atom stereocenters. The van der Waals surface area contributed by atoms with Crippen LogP contribution in [-0.2, 0) is 29.1 Å². The second kappa shape index (κ2) is 14.4. The molecule has 1 aromatic carbocycles. The second-order valence-corrected chi connectivity index (χ2v) is 15.7. The van der Waals surface area contributed by atoms with Crippen LogP contribution in [0.2, 0.25) is 5.02 Å². The quantitative estimate of drug-likeness (QED) is 0.359. The van der Waals surface area contributed by atoms with Gasteiger partial charge in [0.25, 0.3) is 10.0 Å². The largest absolute Gasteiger partial charge is 0.467 e. The number of carbonyl (C=O) groups is 4. The average molecular weight is 697 g/mol. The number of ether oxygens (including phenoxy) is 1. The molecule has 13 nitrogen and oxygen atoms in total. The summed E-state index contributed by atoms with van der Waals surface area (Å²) >= 11 is 7.17. The van der Waals surface area contributed by atoms with Gasteiger partial charge in [-0.3, -0.25) is 14.5 Å². The Morgan fingerprint density at radius 2 is 1.89 bits per heavy atom. The van der Waals surface area contributed by atoms with Gasteiger partial charge in [0.15, 0.2) is 0 Å². The Hall–Kier alpha value is -2.98. The predicted molar refractivity (Wildman–Crippen MR) is 174 cm³/mol. The van der Waals surface area contributed by atoms with Crippen molar-refractivity contribution in [3.63, 3.8) is 0 Å². The first kappa shape index (κ1) is 34.4. The van der Waals surface area contributed by atoms with Crippen molar-refractivity contribution >= 4 is 66.9 Å². The number of sulfonamides is 1. The van der Waals surface area contributed by atoms with Gasteiger partial charge in [-0.1, -0.05) is 11.6 Å². The van der Waals surface area contributed by atoms with Gasteiger partial charge in [-0.15, -0.1) is 11.3 Å². The number of amides is 4. The Labute approximate surface area is 278 Å². The van der Waals surface area contributed by atoms with Crippen LogP contribution in [0.25, 0.3) is 10.1 Å². The van der Waals surface area contributed by atoms with Crippen molar-refractivity contribution in [2.75, 3.05) is 53.4 Å². The van der Waals surface area contributed by atoms with Crippen LogP contribution in [-0.4, -0.2) is 129 Å². The van der Waals surface area contributed by atoms with Crippen LogP contribution < -0.4 is 10.0 Å². The lowest BCUT2D eigenvalue weighted by atomic mass is 10.1. The molecule has 0 aliphatic carbocycles. The molecule has 5 rings (SSSR count). The summed E-state index contributed by atoms with van der Waals surface area (Å²) in [7, 11) is -0.972. The van der Waals surface area contributed by atoms with Crippen LogP contribution in [0.3, 0.4) is 0 Å². The van der Waals surface area contributed by atoms with Crippen molar-refractivity contribution in [3.05, 3.63) is 29.3 Å². The van der Waals surface area contributed by atoms with Gasteiger partial charge in [-0.05, 0) is 68.7 Å². The molecule has 4 amide bonds. The molecule has 1 unspecified atom stereocenters. The normalized spacial score (nSPS) is 23.1. The topological polar surface area (TPSA) is 149 Å². The molecule has 0 radical (unpaired) electrons. The summed E-state index contributed by atoms with van der Waals surface area (Å²) in [6.45, 7) is 4.54. The van der Waals surface area contributed by atoms with E-state index < -0.39 is 34.0 Å². The van der Waals surface area contributed by atoms with E-state index in [2.05, 4.69) is 19.7 Å². The highest BCUT2D eigenvalue weighted by Crippen LogP contribution is 2.31. The minimum Gasteiger partial charge on any atom is -0.467 e. The Morgan fingerprint density at radius 3 is 2.65 bits per heavy atom. The van der Waals surface area contributed by atoms with Crippen molar-refractivity contribution in [3.8, 4) is 0 Å². The Balaban J connectivity index is 1.13. The van der Waals surface area contributed by atoms with E-state index in [0.717, 1.165) is 41.8 Å². The minimum atomic E-state index is -3.96. The first-order valence-electron chi connectivity index (χ1n) is 15.5. The smallest absolute Gasteiger partial charge is 0.328 e. The van der Waals surface area contributed by atoms with Crippen LogP contribution in [0.1, 0.15) is 39.0 Å². The van der Waals surface area contributed by atoms with E-state index in [-0.39, 0.29) is 34.8 Å². The van der Waals surface area contributed by atoms with Gasteiger partial charge in [0.05, 0.1) is 13.7 Å². The molecule has 46 heavy (non-hydrogen) atoms. The van der Waals surface area contributed by atoms with E-state index in [1.165, 1.54) is 12.0 Å². The number of likely N-dealkylation sites (N-methyl/N-ethyl adjacent to an activating group) is 1. The standard InChI is InChI=1S/C30H41ClN6O7S2/c1-19(29(40)44-3)32-30(41)34(2)22-10-13-35(16-22)17-23-6-4-12-37(23)26(38)18-36-11-5-7-24(28(36)39)33-46(42,43)27-15-20-14-21(31)8-9-25(20)45-27/h8-9,14-15,19,22-24,33H,4-7,10-13,16-18H2,1-3H3,(H,32,41)/t19-,22?,23-,24-/m0/s1. The Kier molecular flexibility index (Phi) is 10.8. The van der Waals surface area contributed by atoms with E-state index in [0.29, 0.717) is 49.4 Å². The van der Waals surface area contributed by atoms with Crippen molar-refractivity contribution < 1.29 is 32.3 Å². The van der Waals surface area contributed by atoms with E-state index in [9.17, 15) is 27.6 Å². The van der Waals surface area contributed by atoms with Gasteiger partial charge in [0, 0.05) is 61.6 Å². The molecule has 1 aromatic heterocycles. The molecular weight excluding hydrogens is 656 g/mol. The number of halogens is 1. The maximum atomic E-state index is 13.5. The number of thiophene rings is 1. The maximum absolute atomic E-state index is 13.5. The van der Waals surface area contributed by atoms with Gasteiger partial charge >= 0.3 is 12.0 Å². The summed E-state index contributed by atoms with van der Waals surface area (Å²) in [6.07, 6.45) is 3.41. The lowest BCUT2D eigenvalue weighted by Gasteiger charge is -2.35. The average Bonchev–Trinajstić information content (AvgIpc) is 3.78. The van der Waals surface area contributed by atoms with Crippen molar-refractivity contribution in [1.82, 2.24) is 29.6 Å². The number of piperidine rings is 1. The molecule has 0 spiro atoms. The fourth-order valence-electron chi connectivity index (χ4n) is 6.46. The van der Waals surface area contributed by atoms with Crippen molar-refractivity contribution in [1.29, 1.82) is 0 Å². The Morgan fingerprint density at radius 1 is 1.13 bits per heavy atom. The number of fused-ring (bicyclic) bond motifs is 1. The summed E-state index contributed by atoms with van der Waals surface area (Å²) in [5, 5.41) is 3.88. The molecule has 0 saturated carbocycles. The van der Waals surface area contributed by atoms with E-state index in [1.807, 2.05) is 4.90 Å². The number of esters is 1. The number of nitrogens with one attached hydrogen (secondary N) is 2. The summed E-state index contributed by atoms with van der Waals surface area (Å²) in [4.78, 5) is 58.4. The minimum absolute atomic E-state index is 0.0135. The van der Waals surface area contributed by atoms with Gasteiger partial charge < -0.3 is 24.8 Å². The van der Waals surface area contributed by atoms with Crippen LogP contribution in [0, 0.1) is 0 Å². The Bertz CT molecular complexity index is 1590. The number of rotatable bonds is 10. The molecule has 252 valence electrons. The number of nitrogens with zero attached hydrogens (tertiary/aromatic N) is 4. The first-order valence-corrected chi connectivity index (χ1v) is 18.2. The zero-order chi connectivity index (χ0) is 33.2. The van der Waals surface area contributed by atoms with Crippen LogP contribution in [0.5, 0.6) is 0 Å². The van der Waals surface area contributed by atoms with Crippen LogP contribution >= 0.6 is 22.9 Å². The van der Waals surface area contributed by atoms with Gasteiger partial charge in [0.1, 0.15) is 16.3 Å². The molecule has 2 aromatic rings. The fraction of sp³-hybridized carbons (Fsp3) is 0.600. The number of urea groups is 1. The molecular formula is C30H41ClN6O7S2. The third-order valence-corrected chi connectivity index (χ3v) is 12.3. The van der Waals surface area contributed by atoms with E-state index in [4.69, 9.17) is 11.6 Å². The molecule has 4 heterocycles. The van der Waals surface area contributed by atoms with Crippen LogP contribution in [0.15, 0.2) is 28.5 Å². The number of benzene rings is 1. The van der Waals surface area contributed by atoms with Crippen LogP contribution in [0.4, 0.5) is 4.79 Å². The monoisotopic (exact) mass is 696 g/mol. The highest BCUT2D eigenvalue weighted by molar-refractivity contribution is 7.91. The molecule has 16 heteroatoms. The SMILES string of the molecule is COC(=O)[C@H](C)NC(=O)N(C)C1CCN(C[C@@H]2CCCN2C(=O)CN2CCC[C@H](NS(=O)(=O)c3cc4cc(Cl)ccc4s3)C2=O)C1. The third-order valence-electron chi connectivity index (χ3n) is 9.05. The van der Waals surface area contributed by atoms with Gasteiger partial charge in [0.2, 0.25) is 11.8 Å².